The van der Waals surface area contributed by atoms with Crippen LogP contribution in [-0.2, 0) is 19.4 Å². The van der Waals surface area contributed by atoms with Gasteiger partial charge in [0.2, 0.25) is 0 Å². The number of Topliss-reactive ketones (excluding diaryl/α,β-unsaturated/α-hetero) is 1. The van der Waals surface area contributed by atoms with Crippen molar-refractivity contribution in [2.24, 2.45) is 0 Å². The maximum Gasteiger partial charge on any atom is 1.00 e. The Bertz CT molecular complexity index is 1420. The number of sulfone groups is 1. The average molecular weight is 556 g/mol. The van der Waals surface area contributed by atoms with Crippen molar-refractivity contribution < 1.29 is 62.5 Å². The Balaban J connectivity index is 0.00000380. The van der Waals surface area contributed by atoms with Gasteiger partial charge >= 0.3 is 35.7 Å². The van der Waals surface area contributed by atoms with Gasteiger partial charge in [-0.05, 0) is 57.5 Å². The first-order chi connectivity index (χ1) is 17.2. The summed E-state index contributed by atoms with van der Waals surface area (Å²) < 4.78 is 57.0. The molecular weight excluding hydrogens is 527 g/mol. The third kappa shape index (κ3) is 7.86. The number of hydrogen-bond donors (Lipinski definition) is 1. The molecule has 0 atom stereocenters. The second kappa shape index (κ2) is 12.4. The van der Waals surface area contributed by atoms with Crippen LogP contribution in [0.2, 0.25) is 0 Å². The van der Waals surface area contributed by atoms with E-state index in [0.29, 0.717) is 11.4 Å². The van der Waals surface area contributed by atoms with Gasteiger partial charge in [0.15, 0.2) is 15.6 Å². The van der Waals surface area contributed by atoms with Crippen molar-refractivity contribution in [3.8, 4) is 6.07 Å². The number of halogens is 2. The number of carbonyl (C=O) groups excluding carboxylic acids is 2. The molecule has 198 valence electrons. The number of ether oxygens (including phenoxy) is 1. The van der Waals surface area contributed by atoms with Gasteiger partial charge in [-0.1, -0.05) is 12.1 Å². The van der Waals surface area contributed by atoms with Crippen LogP contribution in [0, 0.1) is 11.3 Å². The summed E-state index contributed by atoms with van der Waals surface area (Å²) in [7, 11) is -3.90. The molecule has 0 bridgehead atoms. The second-order valence-electron chi connectivity index (χ2n) is 9.56. The molecule has 2 aromatic carbocycles. The van der Waals surface area contributed by atoms with Gasteiger partial charge in [0, 0.05) is 35.2 Å². The Morgan fingerprint density at radius 1 is 1.21 bits per heavy atom. The fraction of sp³-hybridized carbons (Fsp3) is 0.346. The summed E-state index contributed by atoms with van der Waals surface area (Å²) in [5.41, 5.74) is -0.136. The Morgan fingerprint density at radius 2 is 1.89 bits per heavy atom. The van der Waals surface area contributed by atoms with Crippen LogP contribution in [0.1, 0.15) is 52.6 Å². The number of rotatable bonds is 7. The average Bonchev–Trinajstić information content (AvgIpc) is 3.14. The van der Waals surface area contributed by atoms with Crippen LogP contribution >= 0.6 is 0 Å². The van der Waals surface area contributed by atoms with Crippen LogP contribution in [0.25, 0.3) is 0 Å². The van der Waals surface area contributed by atoms with E-state index in [1.165, 1.54) is 30.3 Å². The molecule has 0 unspecified atom stereocenters. The number of alkyl halides is 2. The molecule has 3 rings (SSSR count). The van der Waals surface area contributed by atoms with E-state index in [4.69, 9.17) is 4.74 Å². The molecule has 0 spiro atoms. The van der Waals surface area contributed by atoms with E-state index in [2.05, 4.69) is 5.32 Å². The summed E-state index contributed by atoms with van der Waals surface area (Å²) in [6.07, 6.45) is -2.21. The first-order valence-corrected chi connectivity index (χ1v) is 13.2. The molecule has 0 radical (unpaired) electrons. The van der Waals surface area contributed by atoms with E-state index >= 15 is 0 Å². The van der Waals surface area contributed by atoms with Gasteiger partial charge in [0.25, 0.3) is 6.43 Å². The first-order valence-electron chi connectivity index (χ1n) is 11.3. The van der Waals surface area contributed by atoms with Crippen LogP contribution in [0.3, 0.4) is 0 Å². The zero-order chi connectivity index (χ0) is 27.5. The van der Waals surface area contributed by atoms with Gasteiger partial charge < -0.3 is 11.5 Å². The van der Waals surface area contributed by atoms with Crippen LogP contribution in [0.15, 0.2) is 58.6 Å². The normalized spacial score (nSPS) is 13.7. The second-order valence-corrected chi connectivity index (χ2v) is 11.5. The van der Waals surface area contributed by atoms with E-state index < -0.39 is 28.0 Å². The maximum absolute atomic E-state index is 13.3. The molecule has 1 aliphatic carbocycles. The van der Waals surface area contributed by atoms with Crippen molar-refractivity contribution in [3.63, 3.8) is 0 Å². The molecule has 1 N–H and O–H groups in total. The zero-order valence-electron chi connectivity index (χ0n) is 22.8. The number of benzene rings is 2. The standard InChI is InChI=1S/C26H27F2N3O5S.Na.H/c1-26(2,3)36-25(33)31(21-10-8-16(14-29)12-23(21)37(4,34)35)15-19-20(9-11-22(19)32)30-18-7-5-6-17(13-18)24(27)28;;/h5-8,10,12-13,24,30H,9,11,15H2,1-4H3;;/q;+1;-1. The van der Waals surface area contributed by atoms with Crippen molar-refractivity contribution in [1.29, 1.82) is 5.26 Å². The largest absolute Gasteiger partial charge is 1.00 e. The Morgan fingerprint density at radius 3 is 2.47 bits per heavy atom. The summed E-state index contributed by atoms with van der Waals surface area (Å²) >= 11 is 0. The molecule has 12 heteroatoms. The first kappa shape index (κ1) is 31.4. The fourth-order valence-electron chi connectivity index (χ4n) is 3.78. The third-order valence-corrected chi connectivity index (χ3v) is 6.57. The summed E-state index contributed by atoms with van der Waals surface area (Å²) in [6, 6.07) is 11.3. The van der Waals surface area contributed by atoms with Crippen LogP contribution in [0.4, 0.5) is 25.0 Å². The third-order valence-electron chi connectivity index (χ3n) is 5.45. The molecule has 0 aliphatic heterocycles. The quantitative estimate of drug-likeness (QED) is 0.522. The van der Waals surface area contributed by atoms with E-state index in [1.807, 2.05) is 6.07 Å². The van der Waals surface area contributed by atoms with E-state index in [0.717, 1.165) is 17.2 Å². The van der Waals surface area contributed by atoms with E-state index in [1.54, 1.807) is 26.8 Å². The Hall–Kier alpha value is -2.78. The van der Waals surface area contributed by atoms with Gasteiger partial charge in [-0.15, -0.1) is 0 Å². The molecule has 0 saturated heterocycles. The van der Waals surface area contributed by atoms with Crippen molar-refractivity contribution >= 4 is 33.1 Å². The zero-order valence-corrected chi connectivity index (χ0v) is 24.7. The van der Waals surface area contributed by atoms with Crippen molar-refractivity contribution in [1.82, 2.24) is 0 Å². The van der Waals surface area contributed by atoms with Gasteiger partial charge in [0.1, 0.15) is 5.60 Å². The number of nitrogens with one attached hydrogen (secondary N) is 1. The molecular formula is C26H28F2N3NaO5S. The van der Waals surface area contributed by atoms with E-state index in [-0.39, 0.29) is 83.4 Å². The van der Waals surface area contributed by atoms with Gasteiger partial charge in [-0.25, -0.2) is 22.0 Å². The van der Waals surface area contributed by atoms with Crippen LogP contribution in [0.5, 0.6) is 0 Å². The van der Waals surface area contributed by atoms with Crippen LogP contribution in [-0.4, -0.2) is 38.7 Å². The predicted molar refractivity (Wildman–Crippen MR) is 135 cm³/mol. The molecule has 0 aromatic heterocycles. The molecule has 1 aliphatic rings. The van der Waals surface area contributed by atoms with Crippen molar-refractivity contribution in [2.75, 3.05) is 23.0 Å². The smallest absolute Gasteiger partial charge is 1.00 e. The molecule has 2 aromatic rings. The predicted octanol–water partition coefficient (Wildman–Crippen LogP) is 2.49. The SMILES string of the molecule is CC(C)(C)OC(=O)N(CC1=C(Nc2cccc(C(F)F)c2)CCC1=O)c1ccc(C#N)cc1S(C)(=O)=O.[H-].[Na+]. The minimum absolute atomic E-state index is 0. The molecule has 1 amide bonds. The number of nitriles is 1. The number of hydrogen-bond acceptors (Lipinski definition) is 7. The van der Waals surface area contributed by atoms with Gasteiger partial charge in [-0.3, -0.25) is 9.69 Å². The number of ketones is 1. The number of nitrogens with zero attached hydrogens (tertiary/aromatic N) is 2. The maximum atomic E-state index is 13.3. The summed E-state index contributed by atoms with van der Waals surface area (Å²) in [5, 5.41) is 12.3. The monoisotopic (exact) mass is 555 g/mol. The molecule has 0 saturated carbocycles. The van der Waals surface area contributed by atoms with Crippen molar-refractivity contribution in [3.05, 3.63) is 64.9 Å². The van der Waals surface area contributed by atoms with E-state index in [9.17, 15) is 32.0 Å². The molecule has 0 heterocycles. The molecule has 38 heavy (non-hydrogen) atoms. The minimum Gasteiger partial charge on any atom is -1.00 e. The summed E-state index contributed by atoms with van der Waals surface area (Å²) in [4.78, 5) is 26.9. The van der Waals surface area contributed by atoms with Crippen LogP contribution < -0.4 is 39.8 Å². The Kier molecular flexibility index (Phi) is 10.2. The number of allylic oxidation sites excluding steroid dienone is 1. The summed E-state index contributed by atoms with van der Waals surface area (Å²) in [6.45, 7) is 4.59. The minimum atomic E-state index is -3.90. The van der Waals surface area contributed by atoms with Gasteiger partial charge in [0.05, 0.1) is 28.8 Å². The molecule has 8 nitrogen and oxygen atoms in total. The topological polar surface area (TPSA) is 117 Å². The number of anilines is 2. The number of amides is 1. The van der Waals surface area contributed by atoms with Gasteiger partial charge in [-0.2, -0.15) is 5.26 Å². The van der Waals surface area contributed by atoms with Crippen molar-refractivity contribution in [2.45, 2.75) is 50.5 Å². The summed E-state index contributed by atoms with van der Waals surface area (Å²) in [5.74, 6) is -0.282. The fourth-order valence-corrected chi connectivity index (χ4v) is 4.68. The Labute approximate surface area is 244 Å². The molecule has 0 fully saturated rings. The number of carbonyl (C=O) groups is 2.